The van der Waals surface area contributed by atoms with Crippen LogP contribution in [0.25, 0.3) is 0 Å². The smallest absolute Gasteiger partial charge is 0.468 e. The van der Waals surface area contributed by atoms with Crippen molar-refractivity contribution >= 4 is 0 Å². The van der Waals surface area contributed by atoms with Gasteiger partial charge in [-0.2, -0.15) is 13.2 Å². The van der Waals surface area contributed by atoms with Crippen molar-refractivity contribution in [2.24, 2.45) is 5.73 Å². The average Bonchev–Trinajstić information content (AvgIpc) is 2.37. The summed E-state index contributed by atoms with van der Waals surface area (Å²) < 4.78 is 52.8. The number of aliphatic hydroxyl groups is 1. The molecule has 1 heterocycles. The number of para-hydroxylation sites is 1. The van der Waals surface area contributed by atoms with Gasteiger partial charge in [-0.15, -0.1) is 0 Å². The Hall–Kier alpha value is -1.67. The van der Waals surface area contributed by atoms with E-state index in [1.807, 2.05) is 0 Å². The van der Waals surface area contributed by atoms with Crippen molar-refractivity contribution in [1.82, 2.24) is 0 Å². The Morgan fingerprint density at radius 3 is 2.89 bits per heavy atom. The molecule has 0 fully saturated rings. The number of nitrogens with two attached hydrogens (primary N) is 1. The van der Waals surface area contributed by atoms with E-state index in [4.69, 9.17) is 10.5 Å². The summed E-state index contributed by atoms with van der Waals surface area (Å²) in [5.41, 5.74) is 5.19. The zero-order valence-corrected chi connectivity index (χ0v) is 9.68. The number of ether oxygens (including phenoxy) is 3. The lowest BCUT2D eigenvalue weighted by Crippen LogP contribution is -2.43. The summed E-state index contributed by atoms with van der Waals surface area (Å²) in [5, 5.41) is 9.24. The molecule has 19 heavy (non-hydrogen) atoms. The van der Waals surface area contributed by atoms with E-state index in [2.05, 4.69) is 9.47 Å². The lowest BCUT2D eigenvalue weighted by atomic mass is 10.2. The fourth-order valence-corrected chi connectivity index (χ4v) is 1.42. The summed E-state index contributed by atoms with van der Waals surface area (Å²) in [6.45, 7) is -0.208. The molecular formula is C11H12F3NO4. The molecular weight excluding hydrogens is 267 g/mol. The number of aliphatic hydroxyl groups excluding tert-OH is 1. The van der Waals surface area contributed by atoms with Gasteiger partial charge in [-0.1, -0.05) is 6.07 Å². The van der Waals surface area contributed by atoms with Gasteiger partial charge in [0.05, 0.1) is 0 Å². The Labute approximate surface area is 106 Å². The van der Waals surface area contributed by atoms with E-state index in [0.717, 1.165) is 0 Å². The minimum absolute atomic E-state index is 0.0110. The Morgan fingerprint density at radius 1 is 1.47 bits per heavy atom. The molecule has 0 radical (unpaired) electrons. The third-order valence-electron chi connectivity index (χ3n) is 2.38. The molecule has 0 saturated carbocycles. The molecule has 1 unspecified atom stereocenters. The topological polar surface area (TPSA) is 73.9 Å². The van der Waals surface area contributed by atoms with Gasteiger partial charge in [-0.25, -0.2) is 0 Å². The molecule has 0 saturated heterocycles. The molecule has 0 bridgehead atoms. The highest BCUT2D eigenvalue weighted by Crippen LogP contribution is 2.45. The maximum Gasteiger partial charge on any atom is 0.468 e. The molecule has 8 heteroatoms. The summed E-state index contributed by atoms with van der Waals surface area (Å²) in [5.74, 6) is -0.619. The van der Waals surface area contributed by atoms with Crippen LogP contribution in [0, 0.1) is 0 Å². The summed E-state index contributed by atoms with van der Waals surface area (Å²) in [6.07, 6.45) is -7.91. The number of rotatable bonds is 4. The molecule has 0 spiro atoms. The number of halogens is 3. The summed E-state index contributed by atoms with van der Waals surface area (Å²) in [6, 6.07) is 3.95. The zero-order valence-electron chi connectivity index (χ0n) is 9.68. The summed E-state index contributed by atoms with van der Waals surface area (Å²) in [4.78, 5) is 0. The van der Waals surface area contributed by atoms with E-state index in [1.165, 1.54) is 18.2 Å². The van der Waals surface area contributed by atoms with Crippen LogP contribution in [0.15, 0.2) is 18.2 Å². The maximum atomic E-state index is 13.1. The fraction of sp³-hybridized carbons (Fsp3) is 0.455. The van der Waals surface area contributed by atoms with E-state index in [0.29, 0.717) is 0 Å². The van der Waals surface area contributed by atoms with Gasteiger partial charge in [0.2, 0.25) is 5.75 Å². The first-order valence-electron chi connectivity index (χ1n) is 5.45. The standard InChI is InChI=1S/C11H12F3NO4/c12-10-11(13,14)19-8-3-1-2-7(9(8)18-10)17-5-6(16)4-15/h1-3,6,10,16H,4-5,15H2/t6?,10-/m0/s1. The minimum atomic E-state index is -4.05. The normalized spacial score (nSPS) is 21.8. The van der Waals surface area contributed by atoms with Crippen molar-refractivity contribution < 1.29 is 32.5 Å². The first-order chi connectivity index (χ1) is 8.94. The Morgan fingerprint density at radius 2 is 2.21 bits per heavy atom. The molecule has 3 N–H and O–H groups in total. The Kier molecular flexibility index (Phi) is 3.72. The molecule has 2 rings (SSSR count). The van der Waals surface area contributed by atoms with Crippen LogP contribution in [0.5, 0.6) is 17.2 Å². The quantitative estimate of drug-likeness (QED) is 0.861. The van der Waals surface area contributed by atoms with E-state index in [1.54, 1.807) is 0 Å². The lowest BCUT2D eigenvalue weighted by molar-refractivity contribution is -0.281. The van der Waals surface area contributed by atoms with Gasteiger partial charge in [-0.05, 0) is 12.1 Å². The van der Waals surface area contributed by atoms with Gasteiger partial charge < -0.3 is 25.1 Å². The number of fused-ring (bicyclic) bond motifs is 1. The number of hydrogen-bond acceptors (Lipinski definition) is 5. The van der Waals surface area contributed by atoms with E-state index >= 15 is 0 Å². The highest BCUT2D eigenvalue weighted by Gasteiger charge is 2.50. The predicted molar refractivity (Wildman–Crippen MR) is 58.1 cm³/mol. The highest BCUT2D eigenvalue weighted by atomic mass is 19.3. The molecule has 1 aliphatic rings. The number of hydrogen-bond donors (Lipinski definition) is 2. The van der Waals surface area contributed by atoms with E-state index in [-0.39, 0.29) is 30.4 Å². The predicted octanol–water partition coefficient (Wildman–Crippen LogP) is 1.04. The second-order valence-electron chi connectivity index (χ2n) is 3.88. The van der Waals surface area contributed by atoms with Crippen LogP contribution in [0.2, 0.25) is 0 Å². The van der Waals surface area contributed by atoms with Gasteiger partial charge in [0.15, 0.2) is 11.5 Å². The molecule has 1 aromatic carbocycles. The monoisotopic (exact) mass is 279 g/mol. The third kappa shape index (κ3) is 2.85. The maximum absolute atomic E-state index is 13.1. The van der Waals surface area contributed by atoms with Crippen molar-refractivity contribution in [3.63, 3.8) is 0 Å². The van der Waals surface area contributed by atoms with Crippen molar-refractivity contribution in [3.8, 4) is 17.2 Å². The molecule has 5 nitrogen and oxygen atoms in total. The van der Waals surface area contributed by atoms with E-state index < -0.39 is 18.6 Å². The number of benzene rings is 1. The molecule has 1 aliphatic heterocycles. The fourth-order valence-electron chi connectivity index (χ4n) is 1.42. The summed E-state index contributed by atoms with van der Waals surface area (Å²) in [7, 11) is 0. The van der Waals surface area contributed by atoms with Gasteiger partial charge in [0.1, 0.15) is 12.7 Å². The van der Waals surface area contributed by atoms with Crippen LogP contribution in [-0.2, 0) is 0 Å². The van der Waals surface area contributed by atoms with Crippen LogP contribution < -0.4 is 19.9 Å². The van der Waals surface area contributed by atoms with Crippen molar-refractivity contribution in [2.75, 3.05) is 13.2 Å². The Bertz CT molecular complexity index is 458. The molecule has 0 aromatic heterocycles. The van der Waals surface area contributed by atoms with Crippen molar-refractivity contribution in [2.45, 2.75) is 18.6 Å². The van der Waals surface area contributed by atoms with Gasteiger partial charge >= 0.3 is 12.5 Å². The van der Waals surface area contributed by atoms with Gasteiger partial charge in [0.25, 0.3) is 0 Å². The SMILES string of the molecule is NCC(O)COc1cccc2c1O[C@H](F)C(F)(F)O2. The molecule has 0 amide bonds. The molecule has 1 aromatic rings. The van der Waals surface area contributed by atoms with E-state index in [9.17, 15) is 18.3 Å². The molecule has 0 aliphatic carbocycles. The Balaban J connectivity index is 2.20. The van der Waals surface area contributed by atoms with Crippen LogP contribution in [0.4, 0.5) is 13.2 Å². The average molecular weight is 279 g/mol. The van der Waals surface area contributed by atoms with Crippen molar-refractivity contribution in [3.05, 3.63) is 18.2 Å². The van der Waals surface area contributed by atoms with Crippen LogP contribution in [0.1, 0.15) is 0 Å². The highest BCUT2D eigenvalue weighted by molar-refractivity contribution is 5.52. The zero-order chi connectivity index (χ0) is 14.0. The van der Waals surface area contributed by atoms with Crippen LogP contribution in [0.3, 0.4) is 0 Å². The van der Waals surface area contributed by atoms with Crippen LogP contribution >= 0.6 is 0 Å². The first kappa shape index (κ1) is 13.8. The number of alkyl halides is 3. The summed E-state index contributed by atoms with van der Waals surface area (Å²) >= 11 is 0. The largest absolute Gasteiger partial charge is 0.487 e. The second-order valence-corrected chi connectivity index (χ2v) is 3.88. The van der Waals surface area contributed by atoms with Gasteiger partial charge in [0, 0.05) is 6.54 Å². The minimum Gasteiger partial charge on any atom is -0.487 e. The first-order valence-corrected chi connectivity index (χ1v) is 5.45. The lowest BCUT2D eigenvalue weighted by Gasteiger charge is -2.29. The molecule has 106 valence electrons. The van der Waals surface area contributed by atoms with Crippen molar-refractivity contribution in [1.29, 1.82) is 0 Å². The molecule has 2 atom stereocenters. The van der Waals surface area contributed by atoms with Gasteiger partial charge in [-0.3, -0.25) is 0 Å². The third-order valence-corrected chi connectivity index (χ3v) is 2.38. The second kappa shape index (κ2) is 5.14. The van der Waals surface area contributed by atoms with Crippen LogP contribution in [-0.4, -0.2) is 36.8 Å².